The number of aromatic amines is 2. The zero-order valence-electron chi connectivity index (χ0n) is 12.5. The Balaban J connectivity index is 1.88. The first-order valence-corrected chi connectivity index (χ1v) is 7.39. The molecule has 24 heavy (non-hydrogen) atoms. The van der Waals surface area contributed by atoms with E-state index >= 15 is 0 Å². The third-order valence-electron chi connectivity index (χ3n) is 2.67. The number of halogens is 1. The van der Waals surface area contributed by atoms with Crippen LogP contribution in [-0.2, 0) is 4.79 Å². The van der Waals surface area contributed by atoms with E-state index in [2.05, 4.69) is 31.4 Å². The maximum Gasteiger partial charge on any atom is 0.326 e. The summed E-state index contributed by atoms with van der Waals surface area (Å²) in [5.74, 6) is 0.602. The van der Waals surface area contributed by atoms with Gasteiger partial charge in [0.15, 0.2) is 6.61 Å². The molecule has 0 saturated carbocycles. The van der Waals surface area contributed by atoms with Gasteiger partial charge in [-0.1, -0.05) is 0 Å². The van der Waals surface area contributed by atoms with Crippen LogP contribution in [0.1, 0.15) is 5.69 Å². The molecule has 0 radical (unpaired) electrons. The molecule has 2 rings (SSSR count). The summed E-state index contributed by atoms with van der Waals surface area (Å²) in [6, 6.07) is 6.18. The summed E-state index contributed by atoms with van der Waals surface area (Å²) in [6.07, 6.45) is 1.14. The molecule has 0 spiro atoms. The fourth-order valence-corrected chi connectivity index (χ4v) is 2.10. The van der Waals surface area contributed by atoms with Crippen LogP contribution >= 0.6 is 15.9 Å². The topological polar surface area (TPSA) is 126 Å². The molecule has 1 amide bonds. The van der Waals surface area contributed by atoms with Crippen LogP contribution < -0.4 is 26.1 Å². The summed E-state index contributed by atoms with van der Waals surface area (Å²) in [6.45, 7) is -0.270. The zero-order chi connectivity index (χ0) is 17.5. The first kappa shape index (κ1) is 17.5. The van der Waals surface area contributed by atoms with E-state index in [9.17, 15) is 14.4 Å². The molecule has 1 aromatic heterocycles. The van der Waals surface area contributed by atoms with Gasteiger partial charge in [0.1, 0.15) is 11.5 Å². The number of nitrogens with one attached hydrogen (secondary N) is 3. The molecular weight excluding hydrogens is 384 g/mol. The Hall–Kier alpha value is -2.88. The van der Waals surface area contributed by atoms with Gasteiger partial charge in [0, 0.05) is 6.07 Å². The highest BCUT2D eigenvalue weighted by molar-refractivity contribution is 9.10. The van der Waals surface area contributed by atoms with Crippen molar-refractivity contribution < 1.29 is 14.3 Å². The molecule has 9 nitrogen and oxygen atoms in total. The number of rotatable bonds is 6. The van der Waals surface area contributed by atoms with Gasteiger partial charge in [-0.15, -0.1) is 0 Å². The van der Waals surface area contributed by atoms with Gasteiger partial charge in [-0.2, -0.15) is 5.10 Å². The second kappa shape index (κ2) is 8.11. The van der Waals surface area contributed by atoms with Crippen LogP contribution in [0, 0.1) is 0 Å². The Morgan fingerprint density at radius 2 is 2.12 bits per heavy atom. The minimum Gasteiger partial charge on any atom is -0.497 e. The molecule has 3 N–H and O–H groups in total. The first-order valence-electron chi connectivity index (χ1n) is 6.60. The SMILES string of the molecule is COc1ccc(OCC(=O)NN=Cc2cc(=O)[nH]c(=O)[nH]2)c(Br)c1. The van der Waals surface area contributed by atoms with Crippen LogP contribution in [0.3, 0.4) is 0 Å². The molecule has 0 aliphatic heterocycles. The number of aromatic nitrogens is 2. The molecule has 0 aliphatic rings. The van der Waals surface area contributed by atoms with E-state index in [0.717, 1.165) is 12.3 Å². The van der Waals surface area contributed by atoms with Gasteiger partial charge in [-0.05, 0) is 34.1 Å². The molecule has 10 heteroatoms. The minimum absolute atomic E-state index is 0.155. The van der Waals surface area contributed by atoms with Gasteiger partial charge in [0.2, 0.25) is 0 Å². The van der Waals surface area contributed by atoms with Crippen molar-refractivity contribution in [2.45, 2.75) is 0 Å². The molecular formula is C14H13BrN4O5. The number of benzene rings is 1. The summed E-state index contributed by atoms with van der Waals surface area (Å²) in [5.41, 5.74) is 1.13. The number of carbonyl (C=O) groups excluding carboxylic acids is 1. The van der Waals surface area contributed by atoms with E-state index in [-0.39, 0.29) is 12.3 Å². The van der Waals surface area contributed by atoms with Crippen LogP contribution in [0.2, 0.25) is 0 Å². The van der Waals surface area contributed by atoms with Crippen molar-refractivity contribution in [1.82, 2.24) is 15.4 Å². The highest BCUT2D eigenvalue weighted by Crippen LogP contribution is 2.28. The number of hydrogen-bond donors (Lipinski definition) is 3. The monoisotopic (exact) mass is 396 g/mol. The van der Waals surface area contributed by atoms with Crippen molar-refractivity contribution in [2.75, 3.05) is 13.7 Å². The number of methoxy groups -OCH3 is 1. The van der Waals surface area contributed by atoms with Gasteiger partial charge < -0.3 is 14.5 Å². The van der Waals surface area contributed by atoms with E-state index in [1.165, 1.54) is 0 Å². The molecule has 0 saturated heterocycles. The van der Waals surface area contributed by atoms with Crippen LogP contribution in [0.4, 0.5) is 0 Å². The third-order valence-corrected chi connectivity index (χ3v) is 3.29. The lowest BCUT2D eigenvalue weighted by molar-refractivity contribution is -0.123. The smallest absolute Gasteiger partial charge is 0.326 e. The normalized spacial score (nSPS) is 10.6. The Morgan fingerprint density at radius 1 is 1.33 bits per heavy atom. The number of nitrogens with zero attached hydrogens (tertiary/aromatic N) is 1. The van der Waals surface area contributed by atoms with Gasteiger partial charge in [0.25, 0.3) is 11.5 Å². The van der Waals surface area contributed by atoms with Crippen LogP contribution in [0.25, 0.3) is 0 Å². The van der Waals surface area contributed by atoms with Crippen LogP contribution in [0.5, 0.6) is 11.5 Å². The molecule has 0 bridgehead atoms. The lowest BCUT2D eigenvalue weighted by Gasteiger charge is -2.08. The second-order valence-electron chi connectivity index (χ2n) is 4.42. The summed E-state index contributed by atoms with van der Waals surface area (Å²) < 4.78 is 11.0. The van der Waals surface area contributed by atoms with Gasteiger partial charge in [-0.3, -0.25) is 14.6 Å². The molecule has 0 fully saturated rings. The molecule has 1 aromatic carbocycles. The number of ether oxygens (including phenoxy) is 2. The van der Waals surface area contributed by atoms with E-state index in [0.29, 0.717) is 16.0 Å². The predicted molar refractivity (Wildman–Crippen MR) is 89.6 cm³/mol. The predicted octanol–water partition coefficient (Wildman–Crippen LogP) is 0.363. The van der Waals surface area contributed by atoms with Gasteiger partial charge in [0.05, 0.1) is 23.5 Å². The molecule has 0 unspecified atom stereocenters. The molecule has 0 atom stereocenters. The lowest BCUT2D eigenvalue weighted by Crippen LogP contribution is -2.26. The van der Waals surface area contributed by atoms with Gasteiger partial charge in [-0.25, -0.2) is 10.2 Å². The maximum absolute atomic E-state index is 11.6. The highest BCUT2D eigenvalue weighted by Gasteiger charge is 2.06. The Morgan fingerprint density at radius 3 is 2.79 bits per heavy atom. The van der Waals surface area contributed by atoms with E-state index in [4.69, 9.17) is 9.47 Å². The average molecular weight is 397 g/mol. The number of hydrogen-bond acceptors (Lipinski definition) is 6. The number of hydrazone groups is 1. The molecule has 126 valence electrons. The molecule has 2 aromatic rings. The quantitative estimate of drug-likeness (QED) is 0.480. The van der Waals surface area contributed by atoms with E-state index < -0.39 is 17.2 Å². The van der Waals surface area contributed by atoms with E-state index in [1.54, 1.807) is 25.3 Å². The van der Waals surface area contributed by atoms with E-state index in [1.807, 2.05) is 4.98 Å². The fraction of sp³-hybridized carbons (Fsp3) is 0.143. The van der Waals surface area contributed by atoms with Crippen molar-refractivity contribution in [3.8, 4) is 11.5 Å². The standard InChI is InChI=1S/C14H13BrN4O5/c1-23-9-2-3-11(10(15)5-9)24-7-13(21)19-16-6-8-4-12(20)18-14(22)17-8/h2-6H,7H2,1H3,(H,19,21)(H2,17,18,20,22). The Kier molecular flexibility index (Phi) is 5.90. The number of H-pyrrole nitrogens is 2. The van der Waals surface area contributed by atoms with Gasteiger partial charge >= 0.3 is 5.69 Å². The van der Waals surface area contributed by atoms with Crippen molar-refractivity contribution in [2.24, 2.45) is 5.10 Å². The average Bonchev–Trinajstić information content (AvgIpc) is 2.52. The summed E-state index contributed by atoms with van der Waals surface area (Å²) in [7, 11) is 1.54. The summed E-state index contributed by atoms with van der Waals surface area (Å²) >= 11 is 3.30. The van der Waals surface area contributed by atoms with Crippen molar-refractivity contribution >= 4 is 28.1 Å². The Labute approximate surface area is 143 Å². The largest absolute Gasteiger partial charge is 0.497 e. The van der Waals surface area contributed by atoms with Crippen molar-refractivity contribution in [3.05, 3.63) is 55.3 Å². The first-order chi connectivity index (χ1) is 11.5. The number of carbonyl (C=O) groups is 1. The highest BCUT2D eigenvalue weighted by atomic mass is 79.9. The van der Waals surface area contributed by atoms with Crippen molar-refractivity contribution in [3.63, 3.8) is 0 Å². The van der Waals surface area contributed by atoms with Crippen LogP contribution in [0.15, 0.2) is 43.4 Å². The lowest BCUT2D eigenvalue weighted by atomic mass is 10.3. The zero-order valence-corrected chi connectivity index (χ0v) is 14.0. The number of amides is 1. The fourth-order valence-electron chi connectivity index (χ4n) is 1.63. The molecule has 1 heterocycles. The van der Waals surface area contributed by atoms with Crippen LogP contribution in [-0.4, -0.2) is 35.8 Å². The summed E-state index contributed by atoms with van der Waals surface area (Å²) in [5, 5.41) is 3.63. The second-order valence-corrected chi connectivity index (χ2v) is 5.28. The maximum atomic E-state index is 11.6. The summed E-state index contributed by atoms with van der Waals surface area (Å²) in [4.78, 5) is 38.1. The Bertz CT molecular complexity index is 846. The minimum atomic E-state index is -0.664. The molecule has 0 aliphatic carbocycles. The van der Waals surface area contributed by atoms with Crippen molar-refractivity contribution in [1.29, 1.82) is 0 Å². The third kappa shape index (κ3) is 5.09.